The van der Waals surface area contributed by atoms with E-state index >= 15 is 0 Å². The van der Waals surface area contributed by atoms with Crippen molar-refractivity contribution in [1.82, 2.24) is 15.3 Å². The van der Waals surface area contributed by atoms with Crippen LogP contribution in [0.4, 0.5) is 5.82 Å². The van der Waals surface area contributed by atoms with Gasteiger partial charge in [0.1, 0.15) is 18.2 Å². The standard InChI is InChI=1S/C15H18N4O3/c1-9(2)14-18-11-6-4-3-5-10(11)15(19-14)17-7-12(20)16-8-13(21)22/h3-6,9H,7-8H2,1-2H3,(H,16,20)(H,21,22)(H,17,18,19). The molecule has 0 aliphatic rings. The second kappa shape index (κ2) is 6.84. The summed E-state index contributed by atoms with van der Waals surface area (Å²) in [5.41, 5.74) is 0.801. The molecule has 1 amide bonds. The van der Waals surface area contributed by atoms with Crippen molar-refractivity contribution in [2.24, 2.45) is 0 Å². The smallest absolute Gasteiger partial charge is 0.322 e. The summed E-state index contributed by atoms with van der Waals surface area (Å²) in [6, 6.07) is 7.52. The molecule has 0 fully saturated rings. The number of hydrogen-bond acceptors (Lipinski definition) is 5. The van der Waals surface area contributed by atoms with Gasteiger partial charge in [0.25, 0.3) is 0 Å². The monoisotopic (exact) mass is 302 g/mol. The van der Waals surface area contributed by atoms with Crippen LogP contribution in [0.15, 0.2) is 24.3 Å². The SMILES string of the molecule is CC(C)c1nc(NCC(=O)NCC(=O)O)c2ccccc2n1. The molecule has 0 spiro atoms. The fraction of sp³-hybridized carbons (Fsp3) is 0.333. The number of nitrogens with zero attached hydrogens (tertiary/aromatic N) is 2. The second-order valence-electron chi connectivity index (χ2n) is 5.13. The van der Waals surface area contributed by atoms with E-state index in [2.05, 4.69) is 20.6 Å². The molecule has 0 aliphatic heterocycles. The molecule has 0 saturated carbocycles. The van der Waals surface area contributed by atoms with Crippen molar-refractivity contribution in [3.05, 3.63) is 30.1 Å². The van der Waals surface area contributed by atoms with E-state index in [1.54, 1.807) is 0 Å². The Bertz CT molecular complexity index is 700. The molecule has 7 nitrogen and oxygen atoms in total. The summed E-state index contributed by atoms with van der Waals surface area (Å²) in [6.07, 6.45) is 0. The minimum atomic E-state index is -1.08. The summed E-state index contributed by atoms with van der Waals surface area (Å²) < 4.78 is 0. The summed E-state index contributed by atoms with van der Waals surface area (Å²) in [5.74, 6) is -0.0722. The number of aromatic nitrogens is 2. The topological polar surface area (TPSA) is 104 Å². The van der Waals surface area contributed by atoms with Crippen LogP contribution in [-0.4, -0.2) is 40.0 Å². The van der Waals surface area contributed by atoms with E-state index in [9.17, 15) is 9.59 Å². The molecule has 0 unspecified atom stereocenters. The second-order valence-corrected chi connectivity index (χ2v) is 5.13. The highest BCUT2D eigenvalue weighted by Crippen LogP contribution is 2.22. The molecule has 22 heavy (non-hydrogen) atoms. The fourth-order valence-electron chi connectivity index (χ4n) is 1.89. The number of carbonyl (C=O) groups is 2. The Hall–Kier alpha value is -2.70. The van der Waals surface area contributed by atoms with Crippen LogP contribution in [0, 0.1) is 0 Å². The minimum absolute atomic E-state index is 0.0498. The Morgan fingerprint density at radius 1 is 1.18 bits per heavy atom. The van der Waals surface area contributed by atoms with Crippen LogP contribution in [-0.2, 0) is 9.59 Å². The molecule has 3 N–H and O–H groups in total. The van der Waals surface area contributed by atoms with Gasteiger partial charge in [-0.1, -0.05) is 26.0 Å². The number of benzene rings is 1. The predicted molar refractivity (Wildman–Crippen MR) is 82.8 cm³/mol. The molecule has 1 aromatic heterocycles. The average molecular weight is 302 g/mol. The number of hydrogen-bond donors (Lipinski definition) is 3. The Labute approximate surface area is 127 Å². The molecular weight excluding hydrogens is 284 g/mol. The first-order chi connectivity index (χ1) is 10.5. The van der Waals surface area contributed by atoms with Gasteiger partial charge >= 0.3 is 5.97 Å². The summed E-state index contributed by atoms with van der Waals surface area (Å²) in [4.78, 5) is 31.0. The van der Waals surface area contributed by atoms with Crippen LogP contribution in [0.3, 0.4) is 0 Å². The first kappa shape index (κ1) is 15.7. The third kappa shape index (κ3) is 3.91. The highest BCUT2D eigenvalue weighted by Gasteiger charge is 2.11. The quantitative estimate of drug-likeness (QED) is 0.744. The predicted octanol–water partition coefficient (Wildman–Crippen LogP) is 1.37. The summed E-state index contributed by atoms with van der Waals surface area (Å²) in [6.45, 7) is 3.54. The molecule has 0 aliphatic carbocycles. The maximum Gasteiger partial charge on any atom is 0.322 e. The molecule has 0 atom stereocenters. The van der Waals surface area contributed by atoms with E-state index in [-0.39, 0.29) is 12.5 Å². The molecule has 0 bridgehead atoms. The first-order valence-corrected chi connectivity index (χ1v) is 6.96. The average Bonchev–Trinajstić information content (AvgIpc) is 2.50. The minimum Gasteiger partial charge on any atom is -0.480 e. The van der Waals surface area contributed by atoms with Gasteiger partial charge in [-0.3, -0.25) is 9.59 Å². The van der Waals surface area contributed by atoms with Gasteiger partial charge in [0.05, 0.1) is 12.1 Å². The number of rotatable bonds is 6. The van der Waals surface area contributed by atoms with Gasteiger partial charge in [0.15, 0.2) is 0 Å². The summed E-state index contributed by atoms with van der Waals surface area (Å²) >= 11 is 0. The van der Waals surface area contributed by atoms with E-state index in [4.69, 9.17) is 5.11 Å². The van der Waals surface area contributed by atoms with Gasteiger partial charge in [0, 0.05) is 11.3 Å². The largest absolute Gasteiger partial charge is 0.480 e. The lowest BCUT2D eigenvalue weighted by Gasteiger charge is -2.12. The number of para-hydroxylation sites is 1. The van der Waals surface area contributed by atoms with Gasteiger partial charge < -0.3 is 15.7 Å². The number of carboxylic acids is 1. The molecule has 1 aromatic carbocycles. The Balaban J connectivity index is 2.19. The van der Waals surface area contributed by atoms with E-state index < -0.39 is 18.4 Å². The number of carbonyl (C=O) groups excluding carboxylic acids is 1. The number of anilines is 1. The van der Waals surface area contributed by atoms with Crippen LogP contribution < -0.4 is 10.6 Å². The number of carboxylic acid groups (broad SMARTS) is 1. The van der Waals surface area contributed by atoms with Gasteiger partial charge in [-0.2, -0.15) is 0 Å². The van der Waals surface area contributed by atoms with E-state index in [1.165, 1.54) is 0 Å². The van der Waals surface area contributed by atoms with Crippen LogP contribution in [0.1, 0.15) is 25.6 Å². The van der Waals surface area contributed by atoms with E-state index in [0.717, 1.165) is 10.9 Å². The van der Waals surface area contributed by atoms with Gasteiger partial charge in [-0.25, -0.2) is 9.97 Å². The highest BCUT2D eigenvalue weighted by atomic mass is 16.4. The van der Waals surface area contributed by atoms with E-state index in [0.29, 0.717) is 11.6 Å². The molecule has 2 rings (SSSR count). The van der Waals surface area contributed by atoms with Crippen LogP contribution in [0.2, 0.25) is 0 Å². The van der Waals surface area contributed by atoms with Crippen LogP contribution in [0.25, 0.3) is 10.9 Å². The van der Waals surface area contributed by atoms with Crippen molar-refractivity contribution in [1.29, 1.82) is 0 Å². The van der Waals surface area contributed by atoms with Crippen molar-refractivity contribution in [2.75, 3.05) is 18.4 Å². The molecular formula is C15H18N4O3. The Kier molecular flexibility index (Phi) is 4.88. The zero-order valence-electron chi connectivity index (χ0n) is 12.5. The van der Waals surface area contributed by atoms with Crippen LogP contribution in [0.5, 0.6) is 0 Å². The summed E-state index contributed by atoms with van der Waals surface area (Å²) in [5, 5.41) is 14.6. The molecule has 1 heterocycles. The maximum atomic E-state index is 11.6. The molecule has 0 saturated heterocycles. The Morgan fingerprint density at radius 3 is 2.59 bits per heavy atom. The zero-order valence-corrected chi connectivity index (χ0v) is 12.5. The van der Waals surface area contributed by atoms with Crippen molar-refractivity contribution < 1.29 is 14.7 Å². The van der Waals surface area contributed by atoms with Crippen molar-refractivity contribution >= 4 is 28.6 Å². The van der Waals surface area contributed by atoms with E-state index in [1.807, 2.05) is 38.1 Å². The molecule has 2 aromatic rings. The summed E-state index contributed by atoms with van der Waals surface area (Å²) in [7, 11) is 0. The number of nitrogens with one attached hydrogen (secondary N) is 2. The molecule has 116 valence electrons. The van der Waals surface area contributed by atoms with Crippen molar-refractivity contribution in [3.8, 4) is 0 Å². The number of fused-ring (bicyclic) bond motifs is 1. The lowest BCUT2D eigenvalue weighted by Crippen LogP contribution is -2.34. The molecule has 0 radical (unpaired) electrons. The van der Waals surface area contributed by atoms with Crippen LogP contribution >= 0.6 is 0 Å². The van der Waals surface area contributed by atoms with Gasteiger partial charge in [0.2, 0.25) is 5.91 Å². The fourth-order valence-corrected chi connectivity index (χ4v) is 1.89. The first-order valence-electron chi connectivity index (χ1n) is 6.96. The molecule has 7 heteroatoms. The zero-order chi connectivity index (χ0) is 16.1. The lowest BCUT2D eigenvalue weighted by molar-refractivity contribution is -0.137. The van der Waals surface area contributed by atoms with Gasteiger partial charge in [-0.15, -0.1) is 0 Å². The van der Waals surface area contributed by atoms with Crippen molar-refractivity contribution in [3.63, 3.8) is 0 Å². The highest BCUT2D eigenvalue weighted by molar-refractivity contribution is 5.91. The lowest BCUT2D eigenvalue weighted by atomic mass is 10.1. The number of amides is 1. The third-order valence-electron chi connectivity index (χ3n) is 2.99. The number of aliphatic carboxylic acids is 1. The maximum absolute atomic E-state index is 11.6. The van der Waals surface area contributed by atoms with Crippen molar-refractivity contribution in [2.45, 2.75) is 19.8 Å². The normalized spacial score (nSPS) is 10.7. The third-order valence-corrected chi connectivity index (χ3v) is 2.99. The van der Waals surface area contributed by atoms with Gasteiger partial charge in [-0.05, 0) is 12.1 Å². The Morgan fingerprint density at radius 2 is 1.91 bits per heavy atom.